The number of carbonyl (C=O) groups is 1. The molecule has 1 aliphatic heterocycles. The van der Waals surface area contributed by atoms with Crippen molar-refractivity contribution < 1.29 is 13.9 Å². The maximum absolute atomic E-state index is 13.0. The summed E-state index contributed by atoms with van der Waals surface area (Å²) < 4.78 is 11.4. The lowest BCUT2D eigenvalue weighted by molar-refractivity contribution is -0.121. The summed E-state index contributed by atoms with van der Waals surface area (Å²) in [5.41, 5.74) is 1.33. The summed E-state index contributed by atoms with van der Waals surface area (Å²) in [5.74, 6) is 1.64. The molecule has 0 atom stereocenters. The molecule has 0 bridgehead atoms. The lowest BCUT2D eigenvalue weighted by Gasteiger charge is -2.12. The van der Waals surface area contributed by atoms with Crippen molar-refractivity contribution in [3.63, 3.8) is 0 Å². The number of amides is 1. The minimum absolute atomic E-state index is 0.168. The van der Waals surface area contributed by atoms with Crippen molar-refractivity contribution in [3.05, 3.63) is 88.0 Å². The third kappa shape index (κ3) is 5.19. The second-order valence-electron chi connectivity index (χ2n) is 6.94. The van der Waals surface area contributed by atoms with Crippen LogP contribution >= 0.6 is 35.0 Å². The molecule has 0 radical (unpaired) electrons. The predicted octanol–water partition coefficient (Wildman–Crippen LogP) is 7.44. The molecule has 3 aromatic rings. The van der Waals surface area contributed by atoms with Gasteiger partial charge in [-0.2, -0.15) is 0 Å². The van der Waals surface area contributed by atoms with Gasteiger partial charge in [0.15, 0.2) is 5.17 Å². The molecule has 8 heteroatoms. The van der Waals surface area contributed by atoms with Crippen LogP contribution < -0.4 is 4.74 Å². The summed E-state index contributed by atoms with van der Waals surface area (Å²) in [6.07, 6.45) is 3.36. The summed E-state index contributed by atoms with van der Waals surface area (Å²) in [6, 6.07) is 16.2. The summed E-state index contributed by atoms with van der Waals surface area (Å²) >= 11 is 13.9. The summed E-state index contributed by atoms with van der Waals surface area (Å²) in [5, 5.41) is 1.55. The van der Waals surface area contributed by atoms with Crippen molar-refractivity contribution in [2.45, 2.75) is 6.92 Å². The van der Waals surface area contributed by atoms with Crippen molar-refractivity contribution in [3.8, 4) is 17.1 Å². The second-order valence-corrected chi connectivity index (χ2v) is 8.76. The number of rotatable bonds is 7. The number of furan rings is 1. The third-order valence-corrected chi connectivity index (χ3v) is 6.32. The molecular weight excluding hydrogens is 479 g/mol. The first kappa shape index (κ1) is 23.2. The smallest absolute Gasteiger partial charge is 0.267 e. The molecule has 0 N–H and O–H groups in total. The van der Waals surface area contributed by atoms with Gasteiger partial charge in [-0.25, -0.2) is 4.99 Å². The van der Waals surface area contributed by atoms with E-state index in [-0.39, 0.29) is 5.91 Å². The average Bonchev–Trinajstić information content (AvgIpc) is 3.36. The quantitative estimate of drug-likeness (QED) is 0.250. The second kappa shape index (κ2) is 10.3. The molecule has 1 fully saturated rings. The van der Waals surface area contributed by atoms with Crippen LogP contribution in [0.3, 0.4) is 0 Å². The number of benzene rings is 2. The highest BCUT2D eigenvalue weighted by atomic mass is 35.5. The third-order valence-electron chi connectivity index (χ3n) is 4.68. The van der Waals surface area contributed by atoms with Gasteiger partial charge in [-0.05, 0) is 67.2 Å². The number of ether oxygens (including phenoxy) is 1. The van der Waals surface area contributed by atoms with E-state index in [0.717, 1.165) is 11.4 Å². The largest absolute Gasteiger partial charge is 0.494 e. The molecule has 5 nitrogen and oxygen atoms in total. The van der Waals surface area contributed by atoms with Gasteiger partial charge >= 0.3 is 0 Å². The topological polar surface area (TPSA) is 55.0 Å². The lowest BCUT2D eigenvalue weighted by Crippen LogP contribution is -2.29. The Hall–Kier alpha value is -2.93. The van der Waals surface area contributed by atoms with Gasteiger partial charge in [-0.3, -0.25) is 9.69 Å². The van der Waals surface area contributed by atoms with Crippen LogP contribution in [0, 0.1) is 0 Å². The molecule has 1 aromatic heterocycles. The van der Waals surface area contributed by atoms with Crippen molar-refractivity contribution in [1.82, 2.24) is 4.90 Å². The van der Waals surface area contributed by atoms with Gasteiger partial charge in [0.2, 0.25) is 0 Å². The minimum atomic E-state index is -0.168. The Kier molecular flexibility index (Phi) is 7.28. The number of carbonyl (C=O) groups excluding carboxylic acids is 1. The molecule has 2 aromatic carbocycles. The van der Waals surface area contributed by atoms with E-state index in [1.54, 1.807) is 47.4 Å². The van der Waals surface area contributed by atoms with Gasteiger partial charge in [-0.15, -0.1) is 6.58 Å². The Balaban J connectivity index is 1.62. The number of thioether (sulfide) groups is 1. The Labute approximate surface area is 206 Å². The van der Waals surface area contributed by atoms with E-state index < -0.39 is 0 Å². The van der Waals surface area contributed by atoms with Crippen LogP contribution in [0.2, 0.25) is 10.0 Å². The molecule has 4 rings (SSSR count). The number of amidine groups is 1. The van der Waals surface area contributed by atoms with Crippen molar-refractivity contribution >= 4 is 57.8 Å². The predicted molar refractivity (Wildman–Crippen MR) is 136 cm³/mol. The fourth-order valence-corrected chi connectivity index (χ4v) is 4.77. The normalized spacial score (nSPS) is 16.1. The number of nitrogens with zero attached hydrogens (tertiary/aromatic N) is 2. The number of hydrogen-bond donors (Lipinski definition) is 0. The Morgan fingerprint density at radius 3 is 2.52 bits per heavy atom. The number of halogens is 2. The van der Waals surface area contributed by atoms with Crippen LogP contribution in [-0.2, 0) is 4.79 Å². The molecule has 1 aliphatic rings. The highest BCUT2D eigenvalue weighted by molar-refractivity contribution is 8.18. The van der Waals surface area contributed by atoms with Gasteiger partial charge in [0.1, 0.15) is 17.3 Å². The van der Waals surface area contributed by atoms with Crippen molar-refractivity contribution in [1.29, 1.82) is 0 Å². The fourth-order valence-electron chi connectivity index (χ4n) is 3.20. The molecule has 0 aliphatic carbocycles. The highest BCUT2D eigenvalue weighted by Crippen LogP contribution is 2.38. The van der Waals surface area contributed by atoms with E-state index in [4.69, 9.17) is 32.4 Å². The first-order valence-corrected chi connectivity index (χ1v) is 11.8. The van der Waals surface area contributed by atoms with Crippen LogP contribution in [0.5, 0.6) is 5.75 Å². The maximum Gasteiger partial charge on any atom is 0.267 e. The molecule has 0 unspecified atom stereocenters. The van der Waals surface area contributed by atoms with Gasteiger partial charge in [0.25, 0.3) is 5.91 Å². The van der Waals surface area contributed by atoms with E-state index in [1.165, 1.54) is 11.8 Å². The highest BCUT2D eigenvalue weighted by Gasteiger charge is 2.33. The van der Waals surface area contributed by atoms with Gasteiger partial charge in [-0.1, -0.05) is 35.3 Å². The Morgan fingerprint density at radius 2 is 1.85 bits per heavy atom. The molecule has 0 spiro atoms. The van der Waals surface area contributed by atoms with Gasteiger partial charge in [0, 0.05) is 12.6 Å². The van der Waals surface area contributed by atoms with E-state index in [9.17, 15) is 4.79 Å². The molecule has 33 heavy (non-hydrogen) atoms. The number of hydrogen-bond acceptors (Lipinski definition) is 5. The zero-order valence-corrected chi connectivity index (χ0v) is 20.1. The first-order valence-electron chi connectivity index (χ1n) is 10.2. The summed E-state index contributed by atoms with van der Waals surface area (Å²) in [6.45, 7) is 6.63. The lowest BCUT2D eigenvalue weighted by atomic mass is 10.2. The van der Waals surface area contributed by atoms with Crippen LogP contribution in [0.25, 0.3) is 17.4 Å². The zero-order valence-electron chi connectivity index (χ0n) is 17.8. The zero-order chi connectivity index (χ0) is 23.4. The summed E-state index contributed by atoms with van der Waals surface area (Å²) in [7, 11) is 0. The van der Waals surface area contributed by atoms with E-state index in [2.05, 4.69) is 11.6 Å². The summed E-state index contributed by atoms with van der Waals surface area (Å²) in [4.78, 5) is 19.8. The monoisotopic (exact) mass is 498 g/mol. The average molecular weight is 499 g/mol. The van der Waals surface area contributed by atoms with Crippen molar-refractivity contribution in [2.75, 3.05) is 13.2 Å². The Morgan fingerprint density at radius 1 is 1.12 bits per heavy atom. The van der Waals surface area contributed by atoms with Crippen LogP contribution in [-0.4, -0.2) is 29.1 Å². The number of aliphatic imine (C=N–C) groups is 1. The van der Waals surface area contributed by atoms with Gasteiger partial charge in [0.05, 0.1) is 32.8 Å². The van der Waals surface area contributed by atoms with Crippen molar-refractivity contribution in [2.24, 2.45) is 4.99 Å². The SMILES string of the molecule is C=CCN1C(=O)C(=Cc2ccc(-c3c(Cl)cccc3Cl)o2)SC1=Nc1ccc(OCC)cc1. The fraction of sp³-hybridized carbons (Fsp3) is 0.120. The van der Waals surface area contributed by atoms with Crippen LogP contribution in [0.15, 0.2) is 81.6 Å². The molecular formula is C25H20Cl2N2O3S. The first-order chi connectivity index (χ1) is 16.0. The molecule has 1 saturated heterocycles. The van der Waals surface area contributed by atoms with Gasteiger partial charge < -0.3 is 9.15 Å². The maximum atomic E-state index is 13.0. The molecule has 168 valence electrons. The Bertz CT molecular complexity index is 1230. The standard InChI is InChI=1S/C25H20Cl2N2O3S/c1-3-14-29-24(30)22(33-25(29)28-16-8-10-17(11-9-16)31-4-2)15-18-12-13-21(32-18)23-19(26)6-5-7-20(23)27/h3,5-13,15H,1,4,14H2,2H3. The molecule has 1 amide bonds. The van der Waals surface area contributed by atoms with Crippen LogP contribution in [0.1, 0.15) is 12.7 Å². The van der Waals surface area contributed by atoms with E-state index in [1.807, 2.05) is 31.2 Å². The van der Waals surface area contributed by atoms with Crippen LogP contribution in [0.4, 0.5) is 5.69 Å². The minimum Gasteiger partial charge on any atom is -0.494 e. The molecule has 0 saturated carbocycles. The van der Waals surface area contributed by atoms with E-state index >= 15 is 0 Å². The molecule has 2 heterocycles. The van der Waals surface area contributed by atoms with E-state index in [0.29, 0.717) is 50.4 Å².